The summed E-state index contributed by atoms with van der Waals surface area (Å²) in [5, 5.41) is 8.75. The van der Waals surface area contributed by atoms with Crippen LogP contribution in [0.25, 0.3) is 0 Å². The van der Waals surface area contributed by atoms with E-state index < -0.39 is 29.4 Å². The van der Waals surface area contributed by atoms with Gasteiger partial charge in [0.25, 0.3) is 0 Å². The zero-order valence-corrected chi connectivity index (χ0v) is 12.4. The maximum Gasteiger partial charge on any atom is 0.489 e. The highest BCUT2D eigenvalue weighted by molar-refractivity contribution is 7.70. The lowest BCUT2D eigenvalue weighted by Gasteiger charge is -2.21. The van der Waals surface area contributed by atoms with Crippen LogP contribution < -0.4 is 0 Å². The molecule has 3 atom stereocenters. The van der Waals surface area contributed by atoms with Crippen molar-refractivity contribution in [2.45, 2.75) is 0 Å². The molecule has 12 heteroatoms. The van der Waals surface area contributed by atoms with Crippen molar-refractivity contribution in [1.82, 2.24) is 0 Å². The molecular weight excluding hydrogens is 297 g/mol. The second-order valence-corrected chi connectivity index (χ2v) is 9.03. The van der Waals surface area contributed by atoms with Crippen LogP contribution in [0.1, 0.15) is 0 Å². The van der Waals surface area contributed by atoms with Crippen LogP contribution in [-0.2, 0) is 35.9 Å². The Hall–Kier alpha value is 0.450. The highest BCUT2D eigenvalue weighted by Crippen LogP contribution is 2.70. The molecule has 0 aromatic heterocycles. The molecule has 0 rings (SSSR count). The first-order valence-electron chi connectivity index (χ1n) is 4.13. The first-order chi connectivity index (χ1) is 7.66. The molecule has 3 unspecified atom stereocenters. The van der Waals surface area contributed by atoms with E-state index in [0.717, 1.165) is 28.0 Å². The largest absolute Gasteiger partial charge is 0.489 e. The molecule has 0 fully saturated rings. The Morgan fingerprint density at radius 3 is 1.76 bits per heavy atom. The van der Waals surface area contributed by atoms with Crippen LogP contribution in [0.4, 0.5) is 0 Å². The van der Waals surface area contributed by atoms with Crippen molar-refractivity contribution in [2.75, 3.05) is 34.3 Å². The third kappa shape index (κ3) is 5.75. The van der Waals surface area contributed by atoms with E-state index in [9.17, 15) is 13.7 Å². The topological polar surface area (TPSA) is 118 Å². The molecule has 104 valence electrons. The third-order valence-electron chi connectivity index (χ3n) is 1.48. The second-order valence-electron chi connectivity index (χ2n) is 2.68. The SMILES string of the molecule is COP(C)(=O)OP(=O)(OC)OP(=O)(CO)OC. The Kier molecular flexibility index (Phi) is 6.74. The fourth-order valence-corrected chi connectivity index (χ4v) is 5.01. The lowest BCUT2D eigenvalue weighted by atomic mass is 11.7. The van der Waals surface area contributed by atoms with E-state index in [1.54, 1.807) is 0 Å². The van der Waals surface area contributed by atoms with E-state index in [1.165, 1.54) is 0 Å². The Bertz CT molecular complexity index is 371. The molecule has 0 saturated carbocycles. The molecule has 0 aromatic carbocycles. The molecule has 0 heterocycles. The van der Waals surface area contributed by atoms with Crippen molar-refractivity contribution in [3.05, 3.63) is 0 Å². The van der Waals surface area contributed by atoms with Gasteiger partial charge >= 0.3 is 23.0 Å². The van der Waals surface area contributed by atoms with Gasteiger partial charge in [-0.2, -0.15) is 0 Å². The van der Waals surface area contributed by atoms with Gasteiger partial charge < -0.3 is 14.2 Å². The van der Waals surface area contributed by atoms with E-state index in [0.29, 0.717) is 0 Å². The van der Waals surface area contributed by atoms with Crippen molar-refractivity contribution in [1.29, 1.82) is 0 Å². The first-order valence-corrected chi connectivity index (χ1v) is 9.31. The van der Waals surface area contributed by atoms with Crippen LogP contribution in [0.5, 0.6) is 0 Å². The molecule has 0 spiro atoms. The van der Waals surface area contributed by atoms with Gasteiger partial charge in [-0.15, -0.1) is 0 Å². The first kappa shape index (κ1) is 17.4. The van der Waals surface area contributed by atoms with Crippen LogP contribution >= 0.6 is 23.0 Å². The van der Waals surface area contributed by atoms with Gasteiger partial charge in [-0.1, -0.05) is 0 Å². The Labute approximate surface area is 99.0 Å². The fraction of sp³-hybridized carbons (Fsp3) is 1.00. The second kappa shape index (κ2) is 6.57. The van der Waals surface area contributed by atoms with Gasteiger partial charge in [-0.25, -0.2) is 13.2 Å². The predicted octanol–water partition coefficient (Wildman–Crippen LogP) is 2.03. The highest BCUT2D eigenvalue weighted by Gasteiger charge is 2.41. The summed E-state index contributed by atoms with van der Waals surface area (Å²) < 4.78 is 56.9. The summed E-state index contributed by atoms with van der Waals surface area (Å²) in [5.74, 6) is 0. The molecule has 0 aliphatic heterocycles. The Morgan fingerprint density at radius 1 is 0.941 bits per heavy atom. The molecule has 0 aliphatic rings. The van der Waals surface area contributed by atoms with Crippen LogP contribution in [0.2, 0.25) is 0 Å². The maximum absolute atomic E-state index is 11.8. The molecular formula is C5H15O9P3. The van der Waals surface area contributed by atoms with Crippen molar-refractivity contribution in [3.63, 3.8) is 0 Å². The summed E-state index contributed by atoms with van der Waals surface area (Å²) in [4.78, 5) is 0. The number of hydrogen-bond acceptors (Lipinski definition) is 9. The minimum absolute atomic E-state index is 0.924. The molecule has 0 amide bonds. The molecule has 9 nitrogen and oxygen atoms in total. The van der Waals surface area contributed by atoms with E-state index in [1.807, 2.05) is 0 Å². The van der Waals surface area contributed by atoms with Gasteiger partial charge in [0.05, 0.1) is 0 Å². The third-order valence-corrected chi connectivity index (χ3v) is 7.27. The highest BCUT2D eigenvalue weighted by atomic mass is 31.3. The van der Waals surface area contributed by atoms with Crippen LogP contribution in [0.3, 0.4) is 0 Å². The van der Waals surface area contributed by atoms with Crippen LogP contribution in [0.15, 0.2) is 0 Å². The van der Waals surface area contributed by atoms with Gasteiger partial charge in [0.2, 0.25) is 0 Å². The molecule has 1 N–H and O–H groups in total. The lowest BCUT2D eigenvalue weighted by Crippen LogP contribution is -2.00. The van der Waals surface area contributed by atoms with Crippen LogP contribution in [-0.4, -0.2) is 39.4 Å². The van der Waals surface area contributed by atoms with E-state index in [-0.39, 0.29) is 0 Å². The number of hydrogen-bond donors (Lipinski definition) is 1. The normalized spacial score (nSPS) is 22.4. The molecule has 17 heavy (non-hydrogen) atoms. The number of phosphoric acid groups is 1. The summed E-state index contributed by atoms with van der Waals surface area (Å²) >= 11 is 0. The summed E-state index contributed by atoms with van der Waals surface area (Å²) in [5.41, 5.74) is 0. The molecule has 0 radical (unpaired) electrons. The van der Waals surface area contributed by atoms with Gasteiger partial charge in [0.1, 0.15) is 6.35 Å². The Morgan fingerprint density at radius 2 is 1.47 bits per heavy atom. The average molecular weight is 312 g/mol. The van der Waals surface area contributed by atoms with Crippen molar-refractivity contribution in [3.8, 4) is 0 Å². The lowest BCUT2D eigenvalue weighted by molar-refractivity contribution is 0.200. The van der Waals surface area contributed by atoms with E-state index in [4.69, 9.17) is 5.11 Å². The smallest absolute Gasteiger partial charge is 0.384 e. The van der Waals surface area contributed by atoms with Gasteiger partial charge in [0, 0.05) is 28.0 Å². The van der Waals surface area contributed by atoms with Crippen molar-refractivity contribution >= 4 is 23.0 Å². The standard InChI is InChI=1S/C5H15O9P3/c1-10-15(4,7)13-17(9,12-3)14-16(8,5-6)11-2/h6H,5H2,1-4H3. The van der Waals surface area contributed by atoms with Crippen molar-refractivity contribution < 1.29 is 41.0 Å². The number of rotatable bonds is 8. The molecule has 0 bridgehead atoms. The summed E-state index contributed by atoms with van der Waals surface area (Å²) in [6, 6.07) is 0. The van der Waals surface area contributed by atoms with Crippen molar-refractivity contribution in [2.24, 2.45) is 0 Å². The molecule has 0 aliphatic carbocycles. The quantitative estimate of drug-likeness (QED) is 0.671. The number of aliphatic hydroxyl groups is 1. The predicted molar refractivity (Wildman–Crippen MR) is 59.0 cm³/mol. The average Bonchev–Trinajstić information content (AvgIpc) is 2.28. The minimum atomic E-state index is -4.43. The van der Waals surface area contributed by atoms with Gasteiger partial charge in [-0.3, -0.25) is 13.7 Å². The van der Waals surface area contributed by atoms with E-state index in [2.05, 4.69) is 22.2 Å². The maximum atomic E-state index is 11.8. The molecule has 0 aromatic rings. The van der Waals surface area contributed by atoms with Gasteiger partial charge in [-0.05, 0) is 0 Å². The Balaban J connectivity index is 5.00. The monoisotopic (exact) mass is 312 g/mol. The molecule has 0 saturated heterocycles. The van der Waals surface area contributed by atoms with E-state index >= 15 is 0 Å². The minimum Gasteiger partial charge on any atom is -0.384 e. The fourth-order valence-electron chi connectivity index (χ4n) is 0.566. The number of aliphatic hydroxyl groups excluding tert-OH is 1. The summed E-state index contributed by atoms with van der Waals surface area (Å²) in [6.07, 6.45) is -1.04. The zero-order chi connectivity index (χ0) is 13.7. The summed E-state index contributed by atoms with van der Waals surface area (Å²) in [6.45, 7) is 1.01. The summed E-state index contributed by atoms with van der Waals surface area (Å²) in [7, 11) is -9.22. The van der Waals surface area contributed by atoms with Crippen LogP contribution in [0, 0.1) is 0 Å². The van der Waals surface area contributed by atoms with Gasteiger partial charge in [0.15, 0.2) is 0 Å². The zero-order valence-electron chi connectivity index (χ0n) is 9.76.